The van der Waals surface area contributed by atoms with Crippen molar-refractivity contribution in [1.29, 1.82) is 0 Å². The first-order valence-electron chi connectivity index (χ1n) is 10.5. The highest BCUT2D eigenvalue weighted by Gasteiger charge is 2.41. The first-order valence-corrected chi connectivity index (χ1v) is 10.9. The van der Waals surface area contributed by atoms with E-state index in [0.29, 0.717) is 36.2 Å². The van der Waals surface area contributed by atoms with Crippen LogP contribution in [0.4, 0.5) is 17.6 Å². The van der Waals surface area contributed by atoms with E-state index in [1.807, 2.05) is 13.8 Å². The second-order valence-corrected chi connectivity index (χ2v) is 8.38. The Balaban J connectivity index is 1.86. The second kappa shape index (κ2) is 8.78. The van der Waals surface area contributed by atoms with E-state index in [4.69, 9.17) is 11.6 Å². The van der Waals surface area contributed by atoms with Crippen molar-refractivity contribution in [2.45, 2.75) is 45.2 Å². The van der Waals surface area contributed by atoms with E-state index in [1.54, 1.807) is 11.9 Å². The number of hydrogen-bond donors (Lipinski definition) is 0. The van der Waals surface area contributed by atoms with Crippen molar-refractivity contribution in [2.75, 3.05) is 0 Å². The number of nitrogens with zero attached hydrogens (tertiary/aromatic N) is 4. The van der Waals surface area contributed by atoms with E-state index >= 15 is 0 Å². The van der Waals surface area contributed by atoms with Gasteiger partial charge in [-0.3, -0.25) is 14.5 Å². The van der Waals surface area contributed by atoms with E-state index in [-0.39, 0.29) is 22.2 Å². The van der Waals surface area contributed by atoms with E-state index in [0.717, 1.165) is 18.3 Å². The minimum absolute atomic E-state index is 0.0884. The molecule has 5 nitrogen and oxygen atoms in total. The molecule has 0 bridgehead atoms. The van der Waals surface area contributed by atoms with Crippen molar-refractivity contribution < 1.29 is 22.4 Å². The summed E-state index contributed by atoms with van der Waals surface area (Å²) in [4.78, 5) is 18.7. The molecule has 0 aliphatic carbocycles. The highest BCUT2D eigenvalue weighted by atomic mass is 35.5. The normalized spacial score (nSPS) is 17.9. The van der Waals surface area contributed by atoms with Gasteiger partial charge in [-0.25, -0.2) is 17.6 Å². The van der Waals surface area contributed by atoms with Crippen LogP contribution in [-0.4, -0.2) is 31.6 Å². The molecule has 0 radical (unpaired) electrons. The molecule has 0 saturated carbocycles. The zero-order chi connectivity index (χ0) is 24.0. The Morgan fingerprint density at radius 1 is 1.09 bits per heavy atom. The number of benzene rings is 1. The molecule has 33 heavy (non-hydrogen) atoms. The van der Waals surface area contributed by atoms with Crippen molar-refractivity contribution in [1.82, 2.24) is 19.7 Å². The molecule has 0 spiro atoms. The zero-order valence-electron chi connectivity index (χ0n) is 18.2. The van der Waals surface area contributed by atoms with Crippen molar-refractivity contribution in [3.05, 3.63) is 69.6 Å². The lowest BCUT2D eigenvalue weighted by Gasteiger charge is -2.41. The van der Waals surface area contributed by atoms with Crippen LogP contribution in [0.3, 0.4) is 0 Å². The molecule has 1 amide bonds. The van der Waals surface area contributed by atoms with Crippen LogP contribution in [0.5, 0.6) is 0 Å². The fraction of sp³-hybridized carbons (Fsp3) is 0.348. The number of aromatic nitrogens is 3. The molecule has 2 unspecified atom stereocenters. The van der Waals surface area contributed by atoms with Gasteiger partial charge in [0, 0.05) is 30.4 Å². The molecule has 10 heteroatoms. The summed E-state index contributed by atoms with van der Waals surface area (Å²) in [6.07, 6.45) is 3.47. The van der Waals surface area contributed by atoms with Gasteiger partial charge in [-0.05, 0) is 31.4 Å². The average molecular weight is 481 g/mol. The molecule has 2 atom stereocenters. The van der Waals surface area contributed by atoms with Crippen molar-refractivity contribution in [3.8, 4) is 11.3 Å². The summed E-state index contributed by atoms with van der Waals surface area (Å²) in [5, 5.41) is 4.46. The molecule has 0 saturated heterocycles. The summed E-state index contributed by atoms with van der Waals surface area (Å²) < 4.78 is 57.4. The summed E-state index contributed by atoms with van der Waals surface area (Å²) in [7, 11) is 1.62. The Bertz CT molecular complexity index is 1200. The lowest BCUT2D eigenvalue weighted by atomic mass is 9.87. The maximum atomic E-state index is 14.5. The Labute approximate surface area is 193 Å². The molecule has 3 heterocycles. The molecule has 1 aliphatic rings. The maximum absolute atomic E-state index is 14.5. The molecule has 0 N–H and O–H groups in total. The highest BCUT2D eigenvalue weighted by Crippen LogP contribution is 2.42. The predicted octanol–water partition coefficient (Wildman–Crippen LogP) is 5.62. The highest BCUT2D eigenvalue weighted by molar-refractivity contribution is 6.33. The van der Waals surface area contributed by atoms with Crippen LogP contribution in [0.1, 0.15) is 54.3 Å². The van der Waals surface area contributed by atoms with Gasteiger partial charge < -0.3 is 4.90 Å². The fourth-order valence-corrected chi connectivity index (χ4v) is 4.84. The smallest absolute Gasteiger partial charge is 0.259 e. The Hall–Kier alpha value is -2.94. The average Bonchev–Trinajstić information content (AvgIpc) is 3.10. The lowest BCUT2D eigenvalue weighted by Crippen LogP contribution is -2.47. The largest absolute Gasteiger partial charge is 0.327 e. The number of carbonyl (C=O) groups excluding carboxylic acids is 1. The van der Waals surface area contributed by atoms with Crippen molar-refractivity contribution in [3.63, 3.8) is 0 Å². The summed E-state index contributed by atoms with van der Waals surface area (Å²) >= 11 is 6.11. The van der Waals surface area contributed by atoms with Crippen molar-refractivity contribution in [2.24, 2.45) is 7.05 Å². The number of rotatable bonds is 4. The molecule has 174 valence electrons. The topological polar surface area (TPSA) is 51.0 Å². The number of hydrogen-bond acceptors (Lipinski definition) is 3. The quantitative estimate of drug-likeness (QED) is 0.360. The first-order chi connectivity index (χ1) is 15.7. The molecule has 1 aromatic carbocycles. The number of halogens is 5. The van der Waals surface area contributed by atoms with Gasteiger partial charge in [-0.15, -0.1) is 0 Å². The third kappa shape index (κ3) is 3.78. The van der Waals surface area contributed by atoms with Crippen LogP contribution >= 0.6 is 11.6 Å². The van der Waals surface area contributed by atoms with Gasteiger partial charge in [0.15, 0.2) is 23.3 Å². The van der Waals surface area contributed by atoms with Gasteiger partial charge in [-0.2, -0.15) is 5.10 Å². The van der Waals surface area contributed by atoms with Gasteiger partial charge in [0.05, 0.1) is 34.2 Å². The van der Waals surface area contributed by atoms with E-state index in [9.17, 15) is 22.4 Å². The minimum Gasteiger partial charge on any atom is -0.327 e. The third-order valence-electron chi connectivity index (χ3n) is 6.08. The third-order valence-corrected chi connectivity index (χ3v) is 6.36. The van der Waals surface area contributed by atoms with Gasteiger partial charge in [0.2, 0.25) is 0 Å². The lowest BCUT2D eigenvalue weighted by molar-refractivity contribution is 0.0508. The van der Waals surface area contributed by atoms with E-state index in [1.165, 1.54) is 10.9 Å². The van der Waals surface area contributed by atoms with E-state index < -0.39 is 35.2 Å². The molecule has 1 aliphatic heterocycles. The SMILES string of the molecule is CCC1Cc2c(nn(C)c2-c2cc(F)c(F)c(F)c2)C(CC)N1C(=O)c1c(F)cncc1Cl. The Kier molecular flexibility index (Phi) is 6.18. The molecule has 2 aromatic heterocycles. The Morgan fingerprint density at radius 3 is 2.33 bits per heavy atom. The van der Waals surface area contributed by atoms with Crippen molar-refractivity contribution >= 4 is 17.5 Å². The van der Waals surface area contributed by atoms with Crippen LogP contribution in [0.15, 0.2) is 24.5 Å². The maximum Gasteiger partial charge on any atom is 0.259 e. The number of amides is 1. The first kappa shape index (κ1) is 23.2. The standard InChI is InChI=1S/C23H21ClF4N4O/c1-4-12-8-13-21(30-31(3)22(13)11-6-15(25)20(28)16(26)7-11)18(5-2)32(12)23(33)19-14(24)9-29-10-17(19)27/h6-7,9-10,12,18H,4-5,8H2,1-3H3. The van der Waals surface area contributed by atoms with Crippen LogP contribution in [0, 0.1) is 23.3 Å². The number of fused-ring (bicyclic) bond motifs is 1. The zero-order valence-corrected chi connectivity index (χ0v) is 18.9. The predicted molar refractivity (Wildman–Crippen MR) is 115 cm³/mol. The minimum atomic E-state index is -1.54. The number of carbonyl (C=O) groups is 1. The summed E-state index contributed by atoms with van der Waals surface area (Å²) in [5.41, 5.74) is 1.59. The van der Waals surface area contributed by atoms with Crippen LogP contribution in [-0.2, 0) is 13.5 Å². The number of pyridine rings is 1. The molecular formula is C23H21ClF4N4O. The summed E-state index contributed by atoms with van der Waals surface area (Å²) in [6, 6.07) is 0.990. The Morgan fingerprint density at radius 2 is 1.76 bits per heavy atom. The summed E-state index contributed by atoms with van der Waals surface area (Å²) in [6.45, 7) is 3.75. The second-order valence-electron chi connectivity index (χ2n) is 7.97. The van der Waals surface area contributed by atoms with Gasteiger partial charge >= 0.3 is 0 Å². The van der Waals surface area contributed by atoms with Crippen LogP contribution < -0.4 is 0 Å². The van der Waals surface area contributed by atoms with E-state index in [2.05, 4.69) is 10.1 Å². The number of aryl methyl sites for hydroxylation is 1. The molecule has 0 fully saturated rings. The van der Waals surface area contributed by atoms with Gasteiger partial charge in [-0.1, -0.05) is 25.4 Å². The molecule has 3 aromatic rings. The fourth-order valence-electron chi connectivity index (χ4n) is 4.61. The molecular weight excluding hydrogens is 460 g/mol. The van der Waals surface area contributed by atoms with Crippen LogP contribution in [0.2, 0.25) is 5.02 Å². The van der Waals surface area contributed by atoms with Crippen LogP contribution in [0.25, 0.3) is 11.3 Å². The van der Waals surface area contributed by atoms with Gasteiger partial charge in [0.25, 0.3) is 5.91 Å². The monoisotopic (exact) mass is 480 g/mol. The summed E-state index contributed by atoms with van der Waals surface area (Å²) in [5.74, 6) is -5.53. The molecule has 4 rings (SSSR count). The van der Waals surface area contributed by atoms with Gasteiger partial charge in [0.1, 0.15) is 0 Å².